The molecular weight excluding hydrogens is 252 g/mol. The van der Waals surface area contributed by atoms with Gasteiger partial charge in [0.15, 0.2) is 0 Å². The number of rotatable bonds is 5. The van der Waals surface area contributed by atoms with Gasteiger partial charge in [-0.2, -0.15) is 0 Å². The lowest BCUT2D eigenvalue weighted by Gasteiger charge is -2.07. The van der Waals surface area contributed by atoms with E-state index in [0.29, 0.717) is 18.7 Å². The Bertz CT molecular complexity index is 579. The van der Waals surface area contributed by atoms with Crippen LogP contribution in [0.3, 0.4) is 0 Å². The third kappa shape index (κ3) is 3.66. The molecule has 0 aliphatic rings. The Morgan fingerprint density at radius 1 is 1.15 bits per heavy atom. The molecule has 0 unspecified atom stereocenters. The molecule has 3 N–H and O–H groups in total. The first kappa shape index (κ1) is 14.2. The van der Waals surface area contributed by atoms with E-state index in [1.807, 2.05) is 36.4 Å². The Morgan fingerprint density at radius 2 is 1.90 bits per heavy atom. The molecule has 0 aliphatic heterocycles. The summed E-state index contributed by atoms with van der Waals surface area (Å²) in [4.78, 5) is 12.1. The molecule has 2 rings (SSSR count). The maximum Gasteiger partial charge on any atom is 0.255 e. The number of hydrogen-bond acceptors (Lipinski definition) is 3. The van der Waals surface area contributed by atoms with E-state index < -0.39 is 0 Å². The van der Waals surface area contributed by atoms with Crippen molar-refractivity contribution >= 4 is 11.6 Å². The van der Waals surface area contributed by atoms with E-state index in [1.165, 1.54) is 0 Å². The van der Waals surface area contributed by atoms with Gasteiger partial charge in [0.1, 0.15) is 0 Å². The smallest absolute Gasteiger partial charge is 0.255 e. The third-order valence-electron chi connectivity index (χ3n) is 2.95. The molecule has 0 radical (unpaired) electrons. The predicted molar refractivity (Wildman–Crippen MR) is 79.4 cm³/mol. The summed E-state index contributed by atoms with van der Waals surface area (Å²) < 4.78 is 5.07. The molecule has 0 saturated carbocycles. The van der Waals surface area contributed by atoms with Crippen molar-refractivity contribution in [2.75, 3.05) is 12.4 Å². The summed E-state index contributed by atoms with van der Waals surface area (Å²) in [5.41, 5.74) is 8.92. The maximum absolute atomic E-state index is 12.1. The molecule has 0 bridgehead atoms. The van der Waals surface area contributed by atoms with Crippen molar-refractivity contribution < 1.29 is 9.53 Å². The van der Waals surface area contributed by atoms with Crippen molar-refractivity contribution in [1.82, 2.24) is 0 Å². The van der Waals surface area contributed by atoms with Crippen molar-refractivity contribution in [1.29, 1.82) is 0 Å². The zero-order valence-corrected chi connectivity index (χ0v) is 11.4. The topological polar surface area (TPSA) is 64.3 Å². The van der Waals surface area contributed by atoms with Gasteiger partial charge in [0.05, 0.1) is 6.61 Å². The summed E-state index contributed by atoms with van der Waals surface area (Å²) >= 11 is 0. The lowest BCUT2D eigenvalue weighted by molar-refractivity contribution is 0.102. The molecule has 4 nitrogen and oxygen atoms in total. The van der Waals surface area contributed by atoms with Crippen LogP contribution in [0.15, 0.2) is 48.5 Å². The highest BCUT2D eigenvalue weighted by molar-refractivity contribution is 6.04. The molecule has 2 aromatic carbocycles. The second kappa shape index (κ2) is 6.84. The highest BCUT2D eigenvalue weighted by Gasteiger charge is 2.06. The van der Waals surface area contributed by atoms with Gasteiger partial charge in [-0.25, -0.2) is 0 Å². The molecular formula is C16H18N2O2. The number of amides is 1. The van der Waals surface area contributed by atoms with Crippen LogP contribution in [-0.4, -0.2) is 13.0 Å². The number of methoxy groups -OCH3 is 1. The number of nitrogens with two attached hydrogens (primary N) is 1. The molecule has 2 aromatic rings. The minimum Gasteiger partial charge on any atom is -0.380 e. The highest BCUT2D eigenvalue weighted by atomic mass is 16.5. The van der Waals surface area contributed by atoms with Crippen LogP contribution in [0.4, 0.5) is 5.69 Å². The van der Waals surface area contributed by atoms with Crippen LogP contribution in [0.1, 0.15) is 21.5 Å². The Balaban J connectivity index is 2.08. The number of anilines is 1. The molecule has 20 heavy (non-hydrogen) atoms. The van der Waals surface area contributed by atoms with Crippen LogP contribution in [0, 0.1) is 0 Å². The summed E-state index contributed by atoms with van der Waals surface area (Å²) in [5, 5.41) is 2.87. The fraction of sp³-hybridized carbons (Fsp3) is 0.188. The molecule has 104 valence electrons. The van der Waals surface area contributed by atoms with E-state index in [0.717, 1.165) is 16.8 Å². The average molecular weight is 270 g/mol. The number of ether oxygens (including phenoxy) is 1. The predicted octanol–water partition coefficient (Wildman–Crippen LogP) is 2.54. The van der Waals surface area contributed by atoms with Crippen LogP contribution in [0.2, 0.25) is 0 Å². The summed E-state index contributed by atoms with van der Waals surface area (Å²) in [7, 11) is 1.64. The van der Waals surface area contributed by atoms with Crippen molar-refractivity contribution in [3.8, 4) is 0 Å². The molecule has 0 atom stereocenters. The molecule has 0 fully saturated rings. The maximum atomic E-state index is 12.1. The summed E-state index contributed by atoms with van der Waals surface area (Å²) in [6, 6.07) is 14.9. The quantitative estimate of drug-likeness (QED) is 0.877. The fourth-order valence-corrected chi connectivity index (χ4v) is 1.90. The van der Waals surface area contributed by atoms with E-state index in [9.17, 15) is 4.79 Å². The van der Waals surface area contributed by atoms with Gasteiger partial charge in [0.25, 0.3) is 5.91 Å². The van der Waals surface area contributed by atoms with E-state index in [-0.39, 0.29) is 5.91 Å². The molecule has 1 amide bonds. The Hall–Kier alpha value is -2.17. The highest BCUT2D eigenvalue weighted by Crippen LogP contribution is 2.13. The van der Waals surface area contributed by atoms with Crippen molar-refractivity contribution in [2.45, 2.75) is 13.2 Å². The van der Waals surface area contributed by atoms with Crippen LogP contribution in [0.5, 0.6) is 0 Å². The van der Waals surface area contributed by atoms with Crippen molar-refractivity contribution in [3.05, 3.63) is 65.2 Å². The zero-order valence-electron chi connectivity index (χ0n) is 11.4. The number of benzene rings is 2. The van der Waals surface area contributed by atoms with Gasteiger partial charge in [0.2, 0.25) is 0 Å². The monoisotopic (exact) mass is 270 g/mol. The Labute approximate surface area is 118 Å². The Morgan fingerprint density at radius 3 is 2.55 bits per heavy atom. The van der Waals surface area contributed by atoms with Gasteiger partial charge < -0.3 is 15.8 Å². The number of nitrogens with one attached hydrogen (secondary N) is 1. The van der Waals surface area contributed by atoms with E-state index in [2.05, 4.69) is 5.32 Å². The molecule has 0 saturated heterocycles. The van der Waals surface area contributed by atoms with Gasteiger partial charge >= 0.3 is 0 Å². The number of carbonyl (C=O) groups is 1. The van der Waals surface area contributed by atoms with Crippen molar-refractivity contribution in [3.63, 3.8) is 0 Å². The van der Waals surface area contributed by atoms with Gasteiger partial charge in [-0.15, -0.1) is 0 Å². The molecule has 0 aromatic heterocycles. The first-order valence-corrected chi connectivity index (χ1v) is 6.41. The zero-order chi connectivity index (χ0) is 14.4. The van der Waals surface area contributed by atoms with Gasteiger partial charge in [-0.05, 0) is 35.4 Å². The molecule has 0 aliphatic carbocycles. The lowest BCUT2D eigenvalue weighted by Crippen LogP contribution is -2.12. The standard InChI is InChI=1S/C16H18N2O2/c1-20-11-13-3-2-4-15(9-13)18-16(19)14-7-5-12(10-17)6-8-14/h2-9H,10-11,17H2,1H3,(H,18,19). The average Bonchev–Trinajstić information content (AvgIpc) is 2.48. The number of carbonyl (C=O) groups excluding carboxylic acids is 1. The number of hydrogen-bond donors (Lipinski definition) is 2. The van der Waals surface area contributed by atoms with Gasteiger partial charge in [-0.3, -0.25) is 4.79 Å². The van der Waals surface area contributed by atoms with Gasteiger partial charge in [-0.1, -0.05) is 24.3 Å². The van der Waals surface area contributed by atoms with E-state index >= 15 is 0 Å². The SMILES string of the molecule is COCc1cccc(NC(=O)c2ccc(CN)cc2)c1. The van der Waals surface area contributed by atoms with Crippen LogP contribution >= 0.6 is 0 Å². The molecule has 0 spiro atoms. The van der Waals surface area contributed by atoms with Crippen LogP contribution < -0.4 is 11.1 Å². The Kier molecular flexibility index (Phi) is 4.87. The largest absolute Gasteiger partial charge is 0.380 e. The second-order valence-electron chi connectivity index (χ2n) is 4.49. The minimum absolute atomic E-state index is 0.136. The second-order valence-corrected chi connectivity index (χ2v) is 4.49. The molecule has 0 heterocycles. The minimum atomic E-state index is -0.136. The first-order chi connectivity index (χ1) is 9.72. The third-order valence-corrected chi connectivity index (χ3v) is 2.95. The van der Waals surface area contributed by atoms with Gasteiger partial charge in [0, 0.05) is 24.9 Å². The van der Waals surface area contributed by atoms with E-state index in [1.54, 1.807) is 19.2 Å². The summed E-state index contributed by atoms with van der Waals surface area (Å²) in [5.74, 6) is -0.136. The normalized spacial score (nSPS) is 10.3. The summed E-state index contributed by atoms with van der Waals surface area (Å²) in [6.45, 7) is 0.996. The van der Waals surface area contributed by atoms with Crippen LogP contribution in [0.25, 0.3) is 0 Å². The van der Waals surface area contributed by atoms with E-state index in [4.69, 9.17) is 10.5 Å². The molecule has 4 heteroatoms. The van der Waals surface area contributed by atoms with Crippen molar-refractivity contribution in [2.24, 2.45) is 5.73 Å². The summed E-state index contributed by atoms with van der Waals surface area (Å²) in [6.07, 6.45) is 0. The lowest BCUT2D eigenvalue weighted by atomic mass is 10.1. The first-order valence-electron chi connectivity index (χ1n) is 6.41. The van der Waals surface area contributed by atoms with Crippen LogP contribution in [-0.2, 0) is 17.9 Å². The fourth-order valence-electron chi connectivity index (χ4n) is 1.90.